The Kier molecular flexibility index (Phi) is 3.23. The maximum absolute atomic E-state index is 12.6. The predicted octanol–water partition coefficient (Wildman–Crippen LogP) is 3.18. The van der Waals surface area contributed by atoms with Gasteiger partial charge in [0.05, 0.1) is 4.88 Å². The monoisotopic (exact) mass is 300 g/mol. The Labute approximate surface area is 128 Å². The molecule has 2 heterocycles. The topological polar surface area (TPSA) is 32.3 Å². The molecule has 4 rings (SSSR count). The molecule has 2 aromatic rings. The molecule has 1 saturated carbocycles. The fourth-order valence-electron chi connectivity index (χ4n) is 3.32. The molecule has 1 aromatic carbocycles. The van der Waals surface area contributed by atoms with Crippen molar-refractivity contribution in [1.29, 1.82) is 0 Å². The van der Waals surface area contributed by atoms with E-state index in [9.17, 15) is 4.79 Å². The van der Waals surface area contributed by atoms with Crippen LogP contribution in [0.25, 0.3) is 10.1 Å². The molecule has 21 heavy (non-hydrogen) atoms. The molecule has 0 spiro atoms. The lowest BCUT2D eigenvalue weighted by molar-refractivity contribution is 0.0941. The highest BCUT2D eigenvalue weighted by Crippen LogP contribution is 2.32. The second kappa shape index (κ2) is 5.11. The van der Waals surface area contributed by atoms with Crippen molar-refractivity contribution in [3.8, 4) is 0 Å². The molecule has 0 radical (unpaired) electrons. The SMILES string of the molecule is Cc1c(C(=O)N[C@H]2CCN(C3CC3)C2)sc2ccccc12. The molecule has 1 N–H and O–H groups in total. The number of carbonyl (C=O) groups is 1. The molecule has 0 bridgehead atoms. The van der Waals surface area contributed by atoms with Gasteiger partial charge in [-0.1, -0.05) is 18.2 Å². The first kappa shape index (κ1) is 13.3. The lowest BCUT2D eigenvalue weighted by atomic mass is 10.1. The van der Waals surface area contributed by atoms with Crippen molar-refractivity contribution in [2.75, 3.05) is 13.1 Å². The van der Waals surface area contributed by atoms with Gasteiger partial charge in [0.2, 0.25) is 0 Å². The first-order valence-electron chi connectivity index (χ1n) is 7.75. The van der Waals surface area contributed by atoms with E-state index in [2.05, 4.69) is 29.3 Å². The third kappa shape index (κ3) is 2.47. The van der Waals surface area contributed by atoms with Gasteiger partial charge in [-0.2, -0.15) is 0 Å². The van der Waals surface area contributed by atoms with E-state index in [1.165, 1.54) is 22.9 Å². The van der Waals surface area contributed by atoms with E-state index >= 15 is 0 Å². The molecule has 1 aliphatic heterocycles. The number of nitrogens with zero attached hydrogens (tertiary/aromatic N) is 1. The number of hydrogen-bond acceptors (Lipinski definition) is 3. The van der Waals surface area contributed by atoms with Gasteiger partial charge in [0, 0.05) is 29.9 Å². The van der Waals surface area contributed by atoms with Crippen LogP contribution in [0.2, 0.25) is 0 Å². The first-order chi connectivity index (χ1) is 10.2. The largest absolute Gasteiger partial charge is 0.347 e. The van der Waals surface area contributed by atoms with Crippen LogP contribution in [0.3, 0.4) is 0 Å². The minimum Gasteiger partial charge on any atom is -0.347 e. The van der Waals surface area contributed by atoms with Gasteiger partial charge in [0.25, 0.3) is 5.91 Å². The summed E-state index contributed by atoms with van der Waals surface area (Å²) >= 11 is 1.61. The van der Waals surface area contributed by atoms with Crippen LogP contribution >= 0.6 is 11.3 Å². The van der Waals surface area contributed by atoms with E-state index in [0.29, 0.717) is 6.04 Å². The van der Waals surface area contributed by atoms with Crippen LogP contribution in [0, 0.1) is 6.92 Å². The number of aryl methyl sites for hydroxylation is 1. The van der Waals surface area contributed by atoms with Crippen molar-refractivity contribution < 1.29 is 4.79 Å². The van der Waals surface area contributed by atoms with E-state index in [4.69, 9.17) is 0 Å². The van der Waals surface area contributed by atoms with Crippen LogP contribution in [0.1, 0.15) is 34.5 Å². The van der Waals surface area contributed by atoms with E-state index in [-0.39, 0.29) is 5.91 Å². The molecular weight excluding hydrogens is 280 g/mol. The average molecular weight is 300 g/mol. The Hall–Kier alpha value is -1.39. The molecule has 2 aliphatic rings. The van der Waals surface area contributed by atoms with Crippen molar-refractivity contribution >= 4 is 27.3 Å². The van der Waals surface area contributed by atoms with Gasteiger partial charge in [-0.15, -0.1) is 11.3 Å². The fraction of sp³-hybridized carbons (Fsp3) is 0.471. The average Bonchev–Trinajstić information content (AvgIpc) is 3.15. The van der Waals surface area contributed by atoms with Crippen molar-refractivity contribution in [3.05, 3.63) is 34.7 Å². The summed E-state index contributed by atoms with van der Waals surface area (Å²) in [5.74, 6) is 0.108. The highest BCUT2D eigenvalue weighted by molar-refractivity contribution is 7.21. The summed E-state index contributed by atoms with van der Waals surface area (Å²) in [5.41, 5.74) is 1.12. The van der Waals surface area contributed by atoms with Crippen molar-refractivity contribution in [1.82, 2.24) is 10.2 Å². The second-order valence-corrected chi connectivity index (χ2v) is 7.29. The van der Waals surface area contributed by atoms with Gasteiger partial charge in [0.1, 0.15) is 0 Å². The molecular formula is C17H20N2OS. The Balaban J connectivity index is 1.50. The zero-order valence-electron chi connectivity index (χ0n) is 12.3. The number of benzene rings is 1. The molecule has 1 aliphatic carbocycles. The molecule has 1 amide bonds. The summed E-state index contributed by atoms with van der Waals surface area (Å²) in [7, 11) is 0. The van der Waals surface area contributed by atoms with Crippen LogP contribution in [0.15, 0.2) is 24.3 Å². The molecule has 4 heteroatoms. The number of hydrogen-bond donors (Lipinski definition) is 1. The number of nitrogens with one attached hydrogen (secondary N) is 1. The van der Waals surface area contributed by atoms with E-state index in [0.717, 1.165) is 36.0 Å². The number of fused-ring (bicyclic) bond motifs is 1. The summed E-state index contributed by atoms with van der Waals surface area (Å²) in [4.78, 5) is 16.0. The van der Waals surface area contributed by atoms with Gasteiger partial charge in [-0.05, 0) is 43.2 Å². The predicted molar refractivity (Wildman–Crippen MR) is 87.0 cm³/mol. The van der Waals surface area contributed by atoms with Gasteiger partial charge < -0.3 is 5.32 Å². The summed E-state index contributed by atoms with van der Waals surface area (Å²) in [5, 5.41) is 4.45. The third-order valence-electron chi connectivity index (χ3n) is 4.67. The Morgan fingerprint density at radius 3 is 2.86 bits per heavy atom. The summed E-state index contributed by atoms with van der Waals surface area (Å²) < 4.78 is 1.20. The zero-order chi connectivity index (χ0) is 14.4. The maximum Gasteiger partial charge on any atom is 0.261 e. The highest BCUT2D eigenvalue weighted by Gasteiger charge is 2.35. The van der Waals surface area contributed by atoms with Crippen LogP contribution in [-0.2, 0) is 0 Å². The first-order valence-corrected chi connectivity index (χ1v) is 8.57. The maximum atomic E-state index is 12.6. The third-order valence-corrected chi connectivity index (χ3v) is 5.94. The minimum absolute atomic E-state index is 0.108. The van der Waals surface area contributed by atoms with Gasteiger partial charge in [-0.25, -0.2) is 0 Å². The molecule has 110 valence electrons. The standard InChI is InChI=1S/C17H20N2OS/c1-11-14-4-2-3-5-15(14)21-16(11)17(20)18-12-8-9-19(10-12)13-6-7-13/h2-5,12-13H,6-10H2,1H3,(H,18,20)/t12-/m0/s1. The lowest BCUT2D eigenvalue weighted by Gasteiger charge is -2.15. The van der Waals surface area contributed by atoms with Crippen LogP contribution in [-0.4, -0.2) is 36.0 Å². The van der Waals surface area contributed by atoms with Crippen LogP contribution < -0.4 is 5.32 Å². The van der Waals surface area contributed by atoms with Crippen LogP contribution in [0.4, 0.5) is 0 Å². The minimum atomic E-state index is 0.108. The van der Waals surface area contributed by atoms with Crippen molar-refractivity contribution in [2.24, 2.45) is 0 Å². The highest BCUT2D eigenvalue weighted by atomic mass is 32.1. The zero-order valence-corrected chi connectivity index (χ0v) is 13.1. The summed E-state index contributed by atoms with van der Waals surface area (Å²) in [6.07, 6.45) is 3.78. The van der Waals surface area contributed by atoms with Crippen molar-refractivity contribution in [2.45, 2.75) is 38.3 Å². The molecule has 1 aromatic heterocycles. The summed E-state index contributed by atoms with van der Waals surface area (Å²) in [6, 6.07) is 9.38. The lowest BCUT2D eigenvalue weighted by Crippen LogP contribution is -2.37. The van der Waals surface area contributed by atoms with E-state index < -0.39 is 0 Å². The van der Waals surface area contributed by atoms with Gasteiger partial charge in [0.15, 0.2) is 0 Å². The Morgan fingerprint density at radius 2 is 2.10 bits per heavy atom. The van der Waals surface area contributed by atoms with Crippen LogP contribution in [0.5, 0.6) is 0 Å². The number of carbonyl (C=O) groups excluding carboxylic acids is 1. The number of rotatable bonds is 3. The van der Waals surface area contributed by atoms with E-state index in [1.807, 2.05) is 12.1 Å². The fourth-order valence-corrected chi connectivity index (χ4v) is 4.43. The normalized spacial score (nSPS) is 22.8. The molecule has 3 nitrogen and oxygen atoms in total. The number of likely N-dealkylation sites (tertiary alicyclic amines) is 1. The van der Waals surface area contributed by atoms with Gasteiger partial charge >= 0.3 is 0 Å². The quantitative estimate of drug-likeness (QED) is 0.944. The number of thiophene rings is 1. The molecule has 0 unspecified atom stereocenters. The molecule has 2 fully saturated rings. The van der Waals surface area contributed by atoms with Crippen molar-refractivity contribution in [3.63, 3.8) is 0 Å². The smallest absolute Gasteiger partial charge is 0.261 e. The second-order valence-electron chi connectivity index (χ2n) is 6.24. The Morgan fingerprint density at radius 1 is 1.29 bits per heavy atom. The molecule has 1 saturated heterocycles. The molecule has 1 atom stereocenters. The Bertz CT molecular complexity index is 689. The van der Waals surface area contributed by atoms with Gasteiger partial charge in [-0.3, -0.25) is 9.69 Å². The van der Waals surface area contributed by atoms with E-state index in [1.54, 1.807) is 11.3 Å². The number of amides is 1. The summed E-state index contributed by atoms with van der Waals surface area (Å²) in [6.45, 7) is 4.22.